The van der Waals surface area contributed by atoms with Gasteiger partial charge in [-0.25, -0.2) is 4.98 Å². The number of benzene rings is 1. The van der Waals surface area contributed by atoms with Gasteiger partial charge in [0.1, 0.15) is 5.01 Å². The van der Waals surface area contributed by atoms with E-state index in [0.29, 0.717) is 0 Å². The van der Waals surface area contributed by atoms with Crippen LogP contribution in [0.15, 0.2) is 36.5 Å². The van der Waals surface area contributed by atoms with Crippen LogP contribution in [-0.2, 0) is 12.0 Å². The summed E-state index contributed by atoms with van der Waals surface area (Å²) in [6, 6.07) is 10.6. The van der Waals surface area contributed by atoms with Gasteiger partial charge in [-0.05, 0) is 32.4 Å². The Morgan fingerprint density at radius 1 is 1.21 bits per heavy atom. The van der Waals surface area contributed by atoms with Crippen LogP contribution in [0.3, 0.4) is 0 Å². The van der Waals surface area contributed by atoms with E-state index in [4.69, 9.17) is 0 Å². The Hall–Kier alpha value is -1.19. The average Bonchev–Trinajstić information content (AvgIpc) is 2.90. The molecule has 0 aliphatic rings. The molecule has 0 saturated carbocycles. The van der Waals surface area contributed by atoms with Crippen molar-refractivity contribution in [2.75, 3.05) is 6.54 Å². The molecule has 0 bridgehead atoms. The summed E-state index contributed by atoms with van der Waals surface area (Å²) in [5.41, 5.74) is 1.30. The van der Waals surface area contributed by atoms with Crippen molar-refractivity contribution in [3.05, 3.63) is 52.0 Å². The molecule has 0 saturated heterocycles. The minimum absolute atomic E-state index is 0.0189. The second-order valence-corrected chi connectivity index (χ2v) is 6.41. The van der Waals surface area contributed by atoms with Gasteiger partial charge in [0.15, 0.2) is 0 Å². The molecule has 0 aliphatic heterocycles. The number of aromatic nitrogens is 1. The van der Waals surface area contributed by atoms with Crippen molar-refractivity contribution in [1.29, 1.82) is 0 Å². The molecule has 1 heterocycles. The van der Waals surface area contributed by atoms with Crippen LogP contribution in [0.1, 0.15) is 42.6 Å². The molecular weight excluding hydrogens is 252 g/mol. The van der Waals surface area contributed by atoms with Gasteiger partial charge in [0, 0.05) is 23.0 Å². The van der Waals surface area contributed by atoms with Crippen LogP contribution in [0.5, 0.6) is 0 Å². The normalized spacial score (nSPS) is 11.7. The van der Waals surface area contributed by atoms with Gasteiger partial charge in [-0.2, -0.15) is 0 Å². The third kappa shape index (κ3) is 3.43. The van der Waals surface area contributed by atoms with Crippen LogP contribution in [0.4, 0.5) is 0 Å². The second-order valence-electron chi connectivity index (χ2n) is 5.30. The van der Waals surface area contributed by atoms with Crippen molar-refractivity contribution in [2.24, 2.45) is 0 Å². The molecule has 2 rings (SSSR count). The first-order chi connectivity index (χ1) is 9.14. The Kier molecular flexibility index (Phi) is 4.72. The Bertz CT molecular complexity index is 502. The number of hydrogen-bond acceptors (Lipinski definition) is 3. The summed E-state index contributed by atoms with van der Waals surface area (Å²) in [5.74, 6) is 0. The Balaban J connectivity index is 2.13. The van der Waals surface area contributed by atoms with Gasteiger partial charge >= 0.3 is 0 Å². The standard InChI is InChI=1S/C16H22N2S/c1-4-10-17-11-14-12-18-15(19-14)16(2,3)13-8-6-5-7-9-13/h5-9,12,17H,4,10-11H2,1-3H3. The summed E-state index contributed by atoms with van der Waals surface area (Å²) in [4.78, 5) is 5.93. The zero-order valence-electron chi connectivity index (χ0n) is 11.9. The van der Waals surface area contributed by atoms with Gasteiger partial charge < -0.3 is 5.32 Å². The van der Waals surface area contributed by atoms with Crippen LogP contribution >= 0.6 is 11.3 Å². The Morgan fingerprint density at radius 2 is 1.95 bits per heavy atom. The van der Waals surface area contributed by atoms with E-state index >= 15 is 0 Å². The quantitative estimate of drug-likeness (QED) is 0.806. The third-order valence-corrected chi connectivity index (χ3v) is 4.63. The Morgan fingerprint density at radius 3 is 2.63 bits per heavy atom. The highest BCUT2D eigenvalue weighted by molar-refractivity contribution is 7.11. The number of rotatable bonds is 6. The van der Waals surface area contributed by atoms with Crippen LogP contribution in [0.2, 0.25) is 0 Å². The smallest absolute Gasteiger partial charge is 0.103 e. The van der Waals surface area contributed by atoms with Crippen LogP contribution in [0, 0.1) is 0 Å². The van der Waals surface area contributed by atoms with E-state index in [2.05, 4.69) is 61.4 Å². The molecule has 2 nitrogen and oxygen atoms in total. The molecule has 0 aliphatic carbocycles. The average molecular weight is 274 g/mol. The fourth-order valence-electron chi connectivity index (χ4n) is 2.04. The molecular formula is C16H22N2S. The minimum atomic E-state index is -0.0189. The lowest BCUT2D eigenvalue weighted by Gasteiger charge is -2.22. The molecule has 2 aromatic rings. The maximum atomic E-state index is 4.62. The van der Waals surface area contributed by atoms with Gasteiger partial charge in [0.05, 0.1) is 0 Å². The first-order valence-corrected chi connectivity index (χ1v) is 7.67. The molecule has 0 atom stereocenters. The SMILES string of the molecule is CCCNCc1cnc(C(C)(C)c2ccccc2)s1. The van der Waals surface area contributed by atoms with E-state index in [1.165, 1.54) is 21.9 Å². The molecule has 0 spiro atoms. The lowest BCUT2D eigenvalue weighted by Crippen LogP contribution is -2.18. The van der Waals surface area contributed by atoms with Gasteiger partial charge in [-0.3, -0.25) is 0 Å². The van der Waals surface area contributed by atoms with Crippen LogP contribution < -0.4 is 5.32 Å². The van der Waals surface area contributed by atoms with Crippen LogP contribution in [0.25, 0.3) is 0 Å². The first kappa shape index (κ1) is 14.2. The van der Waals surface area contributed by atoms with E-state index in [9.17, 15) is 0 Å². The van der Waals surface area contributed by atoms with E-state index in [0.717, 1.165) is 13.1 Å². The number of nitrogens with zero attached hydrogens (tertiary/aromatic N) is 1. The summed E-state index contributed by atoms with van der Waals surface area (Å²) in [6.45, 7) is 8.66. The molecule has 0 unspecified atom stereocenters. The topological polar surface area (TPSA) is 24.9 Å². The number of thiazole rings is 1. The fourth-order valence-corrected chi connectivity index (χ4v) is 3.05. The zero-order valence-corrected chi connectivity index (χ0v) is 12.8. The van der Waals surface area contributed by atoms with E-state index < -0.39 is 0 Å². The molecule has 3 heteroatoms. The van der Waals surface area contributed by atoms with Crippen molar-refractivity contribution in [3.63, 3.8) is 0 Å². The highest BCUT2D eigenvalue weighted by atomic mass is 32.1. The molecule has 19 heavy (non-hydrogen) atoms. The summed E-state index contributed by atoms with van der Waals surface area (Å²) >= 11 is 1.81. The Labute approximate surface area is 119 Å². The zero-order chi connectivity index (χ0) is 13.7. The van der Waals surface area contributed by atoms with Crippen molar-refractivity contribution in [2.45, 2.75) is 39.2 Å². The monoisotopic (exact) mass is 274 g/mol. The highest BCUT2D eigenvalue weighted by Gasteiger charge is 2.26. The third-order valence-electron chi connectivity index (χ3n) is 3.31. The lowest BCUT2D eigenvalue weighted by atomic mass is 9.85. The van der Waals surface area contributed by atoms with Crippen molar-refractivity contribution < 1.29 is 0 Å². The maximum Gasteiger partial charge on any atom is 0.103 e. The highest BCUT2D eigenvalue weighted by Crippen LogP contribution is 2.33. The largest absolute Gasteiger partial charge is 0.312 e. The summed E-state index contributed by atoms with van der Waals surface area (Å²) < 4.78 is 0. The summed E-state index contributed by atoms with van der Waals surface area (Å²) in [7, 11) is 0. The molecule has 0 radical (unpaired) electrons. The van der Waals surface area contributed by atoms with E-state index in [-0.39, 0.29) is 5.41 Å². The van der Waals surface area contributed by atoms with Crippen LogP contribution in [-0.4, -0.2) is 11.5 Å². The minimum Gasteiger partial charge on any atom is -0.312 e. The molecule has 0 fully saturated rings. The van der Waals surface area contributed by atoms with Gasteiger partial charge in [-0.1, -0.05) is 37.3 Å². The summed E-state index contributed by atoms with van der Waals surface area (Å²) in [5, 5.41) is 4.61. The predicted octanol–water partition coefficient (Wildman–Crippen LogP) is 3.97. The predicted molar refractivity (Wildman–Crippen MR) is 82.7 cm³/mol. The fraction of sp³-hybridized carbons (Fsp3) is 0.438. The number of nitrogens with one attached hydrogen (secondary N) is 1. The molecule has 0 amide bonds. The maximum absolute atomic E-state index is 4.62. The van der Waals surface area contributed by atoms with Gasteiger partial charge in [-0.15, -0.1) is 11.3 Å². The molecule has 1 N–H and O–H groups in total. The van der Waals surface area contributed by atoms with Gasteiger partial charge in [0.2, 0.25) is 0 Å². The van der Waals surface area contributed by atoms with E-state index in [1.807, 2.05) is 17.5 Å². The molecule has 102 valence electrons. The van der Waals surface area contributed by atoms with Gasteiger partial charge in [0.25, 0.3) is 0 Å². The second kappa shape index (κ2) is 6.31. The molecule has 1 aromatic carbocycles. The number of hydrogen-bond donors (Lipinski definition) is 1. The molecule has 1 aromatic heterocycles. The van der Waals surface area contributed by atoms with Crippen molar-refractivity contribution >= 4 is 11.3 Å². The summed E-state index contributed by atoms with van der Waals surface area (Å²) in [6.07, 6.45) is 3.18. The van der Waals surface area contributed by atoms with Crippen molar-refractivity contribution in [3.8, 4) is 0 Å². The lowest BCUT2D eigenvalue weighted by molar-refractivity contribution is 0.635. The first-order valence-electron chi connectivity index (χ1n) is 6.86. The van der Waals surface area contributed by atoms with Crippen molar-refractivity contribution in [1.82, 2.24) is 10.3 Å². The van der Waals surface area contributed by atoms with E-state index in [1.54, 1.807) is 0 Å².